The van der Waals surface area contributed by atoms with Crippen LogP contribution in [0.3, 0.4) is 0 Å². The number of esters is 1. The first-order valence-corrected chi connectivity index (χ1v) is 7.79. The van der Waals surface area contributed by atoms with Gasteiger partial charge in [-0.05, 0) is 44.7 Å². The van der Waals surface area contributed by atoms with Gasteiger partial charge in [0.25, 0.3) is 0 Å². The number of carbonyl (C=O) groups is 1. The van der Waals surface area contributed by atoms with E-state index in [9.17, 15) is 4.79 Å². The Kier molecular flexibility index (Phi) is 4.10. The van der Waals surface area contributed by atoms with E-state index in [1.54, 1.807) is 19.2 Å². The summed E-state index contributed by atoms with van der Waals surface area (Å²) < 4.78 is 4.98. The summed E-state index contributed by atoms with van der Waals surface area (Å²) in [6.07, 6.45) is 6.55. The Labute approximate surface area is 125 Å². The monoisotopic (exact) mass is 289 g/mol. The average Bonchev–Trinajstić information content (AvgIpc) is 2.85. The van der Waals surface area contributed by atoms with Crippen molar-refractivity contribution in [2.45, 2.75) is 50.7 Å². The summed E-state index contributed by atoms with van der Waals surface area (Å²) in [5.41, 5.74) is 0.513. The molecule has 1 N–H and O–H groups in total. The fourth-order valence-electron chi connectivity index (χ4n) is 3.46. The van der Waals surface area contributed by atoms with Crippen molar-refractivity contribution in [3.05, 3.63) is 23.9 Å². The first-order chi connectivity index (χ1) is 10.2. The van der Waals surface area contributed by atoms with Crippen LogP contribution in [0.15, 0.2) is 18.3 Å². The zero-order valence-electron chi connectivity index (χ0n) is 12.7. The van der Waals surface area contributed by atoms with Crippen molar-refractivity contribution >= 4 is 11.8 Å². The number of hydrogen-bond acceptors (Lipinski definition) is 5. The van der Waals surface area contributed by atoms with Crippen LogP contribution in [-0.4, -0.2) is 42.7 Å². The van der Waals surface area contributed by atoms with Gasteiger partial charge < -0.3 is 15.0 Å². The van der Waals surface area contributed by atoms with Crippen LogP contribution in [0.2, 0.25) is 0 Å². The lowest BCUT2D eigenvalue weighted by molar-refractivity contribution is 0.0526. The molecule has 0 aromatic carbocycles. The van der Waals surface area contributed by atoms with Gasteiger partial charge in [0, 0.05) is 31.4 Å². The number of pyridine rings is 1. The number of aromatic nitrogens is 1. The van der Waals surface area contributed by atoms with E-state index in [4.69, 9.17) is 4.74 Å². The highest BCUT2D eigenvalue weighted by Crippen LogP contribution is 2.30. The minimum absolute atomic E-state index is 0.306. The molecule has 5 heteroatoms. The van der Waals surface area contributed by atoms with Gasteiger partial charge in [0.1, 0.15) is 5.82 Å². The normalized spacial score (nSPS) is 27.4. The summed E-state index contributed by atoms with van der Waals surface area (Å²) in [4.78, 5) is 18.3. The maximum absolute atomic E-state index is 11.6. The third kappa shape index (κ3) is 3.02. The number of carbonyl (C=O) groups excluding carboxylic acids is 1. The molecule has 2 bridgehead atoms. The smallest absolute Gasteiger partial charge is 0.339 e. The van der Waals surface area contributed by atoms with Crippen molar-refractivity contribution in [1.29, 1.82) is 0 Å². The molecule has 2 fully saturated rings. The number of fused-ring (bicyclic) bond motifs is 2. The van der Waals surface area contributed by atoms with Crippen molar-refractivity contribution in [2.75, 3.05) is 18.6 Å². The van der Waals surface area contributed by atoms with Crippen LogP contribution in [-0.2, 0) is 4.74 Å². The van der Waals surface area contributed by atoms with Gasteiger partial charge in [-0.3, -0.25) is 0 Å². The zero-order chi connectivity index (χ0) is 14.8. The maximum Gasteiger partial charge on any atom is 0.339 e. The second-order valence-corrected chi connectivity index (χ2v) is 6.00. The summed E-state index contributed by atoms with van der Waals surface area (Å²) in [6.45, 7) is 2.19. The third-order valence-electron chi connectivity index (χ3n) is 4.62. The molecule has 114 valence electrons. The molecular formula is C16H23N3O2. The summed E-state index contributed by atoms with van der Waals surface area (Å²) >= 11 is 0. The van der Waals surface area contributed by atoms with Crippen LogP contribution in [0.25, 0.3) is 0 Å². The number of anilines is 1. The number of rotatable bonds is 4. The van der Waals surface area contributed by atoms with E-state index in [1.165, 1.54) is 25.7 Å². The molecule has 0 amide bonds. The Morgan fingerprint density at radius 3 is 2.67 bits per heavy atom. The Morgan fingerprint density at radius 2 is 2.10 bits per heavy atom. The summed E-state index contributed by atoms with van der Waals surface area (Å²) in [5.74, 6) is 0.619. The zero-order valence-corrected chi connectivity index (χ0v) is 12.7. The SMILES string of the molecule is CCOC(=O)c1ccc(N(C)C2CC3CCC(C2)N3)nc1. The second-order valence-electron chi connectivity index (χ2n) is 6.00. The van der Waals surface area contributed by atoms with Crippen LogP contribution in [0.1, 0.15) is 43.0 Å². The first-order valence-electron chi connectivity index (χ1n) is 7.79. The van der Waals surface area contributed by atoms with Gasteiger partial charge in [-0.15, -0.1) is 0 Å². The maximum atomic E-state index is 11.6. The van der Waals surface area contributed by atoms with E-state index in [0.29, 0.717) is 30.3 Å². The number of hydrogen-bond donors (Lipinski definition) is 1. The Balaban J connectivity index is 1.67. The van der Waals surface area contributed by atoms with Crippen molar-refractivity contribution in [3.8, 4) is 0 Å². The topological polar surface area (TPSA) is 54.5 Å². The van der Waals surface area contributed by atoms with Gasteiger partial charge in [-0.1, -0.05) is 0 Å². The fraction of sp³-hybridized carbons (Fsp3) is 0.625. The molecule has 1 aromatic rings. The molecule has 3 heterocycles. The van der Waals surface area contributed by atoms with Gasteiger partial charge >= 0.3 is 5.97 Å². The number of ether oxygens (including phenoxy) is 1. The molecule has 1 aromatic heterocycles. The van der Waals surface area contributed by atoms with E-state index in [-0.39, 0.29) is 5.97 Å². The molecule has 0 aliphatic carbocycles. The lowest BCUT2D eigenvalue weighted by Crippen LogP contribution is -2.47. The molecular weight excluding hydrogens is 266 g/mol. The first kappa shape index (κ1) is 14.3. The molecule has 21 heavy (non-hydrogen) atoms. The molecule has 2 aliphatic rings. The average molecular weight is 289 g/mol. The van der Waals surface area contributed by atoms with E-state index >= 15 is 0 Å². The second kappa shape index (κ2) is 6.02. The molecule has 3 rings (SSSR count). The van der Waals surface area contributed by atoms with Gasteiger partial charge in [0.05, 0.1) is 12.2 Å². The minimum atomic E-state index is -0.306. The number of nitrogens with one attached hydrogen (secondary N) is 1. The van der Waals surface area contributed by atoms with Gasteiger partial charge in [0.2, 0.25) is 0 Å². The molecule has 2 aliphatic heterocycles. The van der Waals surface area contributed by atoms with Crippen molar-refractivity contribution in [3.63, 3.8) is 0 Å². The van der Waals surface area contributed by atoms with E-state index in [1.807, 2.05) is 6.07 Å². The lowest BCUT2D eigenvalue weighted by Gasteiger charge is -2.36. The number of piperidine rings is 1. The molecule has 2 atom stereocenters. The molecule has 0 saturated carbocycles. The quantitative estimate of drug-likeness (QED) is 0.859. The van der Waals surface area contributed by atoms with Crippen LogP contribution >= 0.6 is 0 Å². The van der Waals surface area contributed by atoms with E-state index in [0.717, 1.165) is 5.82 Å². The Hall–Kier alpha value is -1.62. The Bertz CT molecular complexity index is 491. The fourth-order valence-corrected chi connectivity index (χ4v) is 3.46. The highest BCUT2D eigenvalue weighted by Gasteiger charge is 2.35. The summed E-state index contributed by atoms with van der Waals surface area (Å²) in [6, 6.07) is 5.57. The van der Waals surface area contributed by atoms with Crippen LogP contribution in [0, 0.1) is 0 Å². The van der Waals surface area contributed by atoms with Gasteiger partial charge in [-0.2, -0.15) is 0 Å². The van der Waals surface area contributed by atoms with Gasteiger partial charge in [0.15, 0.2) is 0 Å². The summed E-state index contributed by atoms with van der Waals surface area (Å²) in [5, 5.41) is 3.66. The molecule has 0 radical (unpaired) electrons. The molecule has 2 saturated heterocycles. The lowest BCUT2D eigenvalue weighted by atomic mass is 9.98. The van der Waals surface area contributed by atoms with Crippen LogP contribution in [0.5, 0.6) is 0 Å². The molecule has 0 spiro atoms. The predicted molar refractivity (Wildman–Crippen MR) is 81.6 cm³/mol. The van der Waals surface area contributed by atoms with Gasteiger partial charge in [-0.25, -0.2) is 9.78 Å². The van der Waals surface area contributed by atoms with Crippen molar-refractivity contribution in [2.24, 2.45) is 0 Å². The standard InChI is InChI=1S/C16H23N3O2/c1-3-21-16(20)11-4-7-15(17-10-11)19(2)14-8-12-5-6-13(9-14)18-12/h4,7,10,12-14,18H,3,5-6,8-9H2,1-2H3. The van der Waals surface area contributed by atoms with E-state index in [2.05, 4.69) is 22.2 Å². The summed E-state index contributed by atoms with van der Waals surface area (Å²) in [7, 11) is 2.10. The highest BCUT2D eigenvalue weighted by atomic mass is 16.5. The Morgan fingerprint density at radius 1 is 1.38 bits per heavy atom. The third-order valence-corrected chi connectivity index (χ3v) is 4.62. The highest BCUT2D eigenvalue weighted by molar-refractivity contribution is 5.89. The van der Waals surface area contributed by atoms with Crippen LogP contribution in [0.4, 0.5) is 5.82 Å². The number of nitrogens with zero attached hydrogens (tertiary/aromatic N) is 2. The largest absolute Gasteiger partial charge is 0.462 e. The minimum Gasteiger partial charge on any atom is -0.462 e. The predicted octanol–water partition coefficient (Wildman–Crippen LogP) is 1.98. The molecule has 2 unspecified atom stereocenters. The van der Waals surface area contributed by atoms with Crippen LogP contribution < -0.4 is 10.2 Å². The van der Waals surface area contributed by atoms with Crippen molar-refractivity contribution < 1.29 is 9.53 Å². The molecule has 5 nitrogen and oxygen atoms in total. The van der Waals surface area contributed by atoms with Crippen molar-refractivity contribution in [1.82, 2.24) is 10.3 Å². The van der Waals surface area contributed by atoms with E-state index < -0.39 is 0 Å².